The lowest BCUT2D eigenvalue weighted by Gasteiger charge is -2.30. The molecule has 174 valence electrons. The van der Waals surface area contributed by atoms with Crippen molar-refractivity contribution in [2.45, 2.75) is 26.3 Å². The lowest BCUT2D eigenvalue weighted by Crippen LogP contribution is -2.39. The molecule has 2 aromatic carbocycles. The molecule has 2 atom stereocenters. The monoisotopic (exact) mass is 447 g/mol. The van der Waals surface area contributed by atoms with Crippen LogP contribution in [0.3, 0.4) is 0 Å². The highest BCUT2D eigenvalue weighted by molar-refractivity contribution is 5.94. The number of hydrogen-bond acceptors (Lipinski definition) is 2. The molecule has 1 amide bonds. The van der Waals surface area contributed by atoms with Crippen LogP contribution in [0.25, 0.3) is 0 Å². The molecule has 0 bridgehead atoms. The number of hydrogen-bond donors (Lipinski definition) is 0. The first-order valence-corrected chi connectivity index (χ1v) is 11.8. The summed E-state index contributed by atoms with van der Waals surface area (Å²) in [6.07, 6.45) is 2.07. The zero-order chi connectivity index (χ0) is 23.4. The summed E-state index contributed by atoms with van der Waals surface area (Å²) in [5, 5.41) is 0. The normalized spacial score (nSPS) is 18.7. The Kier molecular flexibility index (Phi) is 7.29. The number of aromatic nitrogens is 1. The van der Waals surface area contributed by atoms with Crippen molar-refractivity contribution >= 4 is 5.91 Å². The number of carbonyl (C=O) groups excluding carboxylic acids is 1. The quantitative estimate of drug-likeness (QED) is 0.476. The van der Waals surface area contributed by atoms with Crippen molar-refractivity contribution in [2.75, 3.05) is 26.2 Å². The van der Waals surface area contributed by atoms with Gasteiger partial charge in [0.1, 0.15) is 5.82 Å². The van der Waals surface area contributed by atoms with E-state index in [0.29, 0.717) is 12.5 Å². The van der Waals surface area contributed by atoms with Gasteiger partial charge in [0.25, 0.3) is 5.91 Å². The topological polar surface area (TPSA) is 28.5 Å². The lowest BCUT2D eigenvalue weighted by atomic mass is 9.88. The predicted octanol–water partition coefficient (Wildman–Crippen LogP) is 5.18. The van der Waals surface area contributed by atoms with Crippen LogP contribution in [0.15, 0.2) is 72.9 Å². The van der Waals surface area contributed by atoms with E-state index in [0.717, 1.165) is 37.3 Å². The summed E-state index contributed by atoms with van der Waals surface area (Å²) < 4.78 is 15.8. The van der Waals surface area contributed by atoms with E-state index >= 15 is 0 Å². The fraction of sp³-hybridized carbons (Fsp3) is 0.393. The van der Waals surface area contributed by atoms with Crippen LogP contribution in [0.5, 0.6) is 0 Å². The zero-order valence-corrected chi connectivity index (χ0v) is 19.8. The van der Waals surface area contributed by atoms with E-state index in [-0.39, 0.29) is 23.6 Å². The average molecular weight is 448 g/mol. The molecular formula is C28H34FN3O. The van der Waals surface area contributed by atoms with Crippen molar-refractivity contribution in [3.05, 3.63) is 95.6 Å². The second kappa shape index (κ2) is 10.3. The Labute approximate surface area is 196 Å². The molecule has 4 nitrogen and oxygen atoms in total. The molecule has 2 heterocycles. The van der Waals surface area contributed by atoms with Gasteiger partial charge in [-0.15, -0.1) is 0 Å². The van der Waals surface area contributed by atoms with Gasteiger partial charge in [-0.05, 0) is 53.8 Å². The third-order valence-electron chi connectivity index (χ3n) is 6.60. The molecule has 4 rings (SSSR count). The van der Waals surface area contributed by atoms with Gasteiger partial charge in [0, 0.05) is 63.1 Å². The van der Waals surface area contributed by atoms with Gasteiger partial charge in [-0.1, -0.05) is 44.2 Å². The van der Waals surface area contributed by atoms with E-state index in [1.165, 1.54) is 5.69 Å². The van der Waals surface area contributed by atoms with E-state index in [2.05, 4.69) is 48.7 Å². The average Bonchev–Trinajstić information content (AvgIpc) is 3.39. The van der Waals surface area contributed by atoms with Crippen LogP contribution < -0.4 is 0 Å². The molecule has 1 fully saturated rings. The third kappa shape index (κ3) is 5.72. The molecule has 1 aliphatic rings. The van der Waals surface area contributed by atoms with Crippen LogP contribution >= 0.6 is 0 Å². The van der Waals surface area contributed by atoms with Crippen LogP contribution in [0.2, 0.25) is 0 Å². The molecular weight excluding hydrogens is 413 g/mol. The van der Waals surface area contributed by atoms with Crippen LogP contribution in [-0.2, 0) is 13.6 Å². The molecule has 0 aliphatic carbocycles. The van der Waals surface area contributed by atoms with Gasteiger partial charge in [-0.3, -0.25) is 9.69 Å². The summed E-state index contributed by atoms with van der Waals surface area (Å²) in [5.74, 6) is 0.784. The minimum absolute atomic E-state index is 0.0861. The molecule has 0 unspecified atom stereocenters. The summed E-state index contributed by atoms with van der Waals surface area (Å²) in [6, 6.07) is 20.7. The summed E-state index contributed by atoms with van der Waals surface area (Å²) in [5.41, 5.74) is 3.15. The maximum atomic E-state index is 13.6. The van der Waals surface area contributed by atoms with E-state index in [1.54, 1.807) is 12.1 Å². The third-order valence-corrected chi connectivity index (χ3v) is 6.60. The van der Waals surface area contributed by atoms with Crippen molar-refractivity contribution in [3.8, 4) is 0 Å². The number of aryl methyl sites for hydroxylation is 1. The Hall–Kier alpha value is -2.92. The zero-order valence-electron chi connectivity index (χ0n) is 19.8. The minimum atomic E-state index is -0.213. The summed E-state index contributed by atoms with van der Waals surface area (Å²) >= 11 is 0. The second-order valence-corrected chi connectivity index (χ2v) is 9.69. The number of carbonyl (C=O) groups is 1. The molecule has 33 heavy (non-hydrogen) atoms. The number of likely N-dealkylation sites (tertiary alicyclic amines) is 1. The molecule has 0 N–H and O–H groups in total. The van der Waals surface area contributed by atoms with Crippen molar-refractivity contribution in [1.29, 1.82) is 0 Å². The maximum absolute atomic E-state index is 13.6. The molecule has 0 radical (unpaired) electrons. The molecule has 3 aromatic rings. The van der Waals surface area contributed by atoms with E-state index in [1.807, 2.05) is 47.4 Å². The highest BCUT2D eigenvalue weighted by Crippen LogP contribution is 2.34. The number of rotatable bonds is 8. The van der Waals surface area contributed by atoms with E-state index < -0.39 is 0 Å². The molecule has 1 aliphatic heterocycles. The highest BCUT2D eigenvalue weighted by Gasteiger charge is 2.36. The molecule has 1 saturated heterocycles. The molecule has 5 heteroatoms. The summed E-state index contributed by atoms with van der Waals surface area (Å²) in [4.78, 5) is 17.9. The van der Waals surface area contributed by atoms with E-state index in [9.17, 15) is 9.18 Å². The SMILES string of the molecule is CC(C)CN(C[C@H]1CN(Cc2cccn2C)C[C@@H]1c1ccc(F)cc1)C(=O)c1ccccc1. The number of nitrogens with zero attached hydrogens (tertiary/aromatic N) is 3. The minimum Gasteiger partial charge on any atom is -0.353 e. The van der Waals surface area contributed by atoms with Gasteiger partial charge in [0.05, 0.1) is 0 Å². The summed E-state index contributed by atoms with van der Waals surface area (Å²) in [6.45, 7) is 8.39. The first-order valence-electron chi connectivity index (χ1n) is 11.8. The lowest BCUT2D eigenvalue weighted by molar-refractivity contribution is 0.0703. The summed E-state index contributed by atoms with van der Waals surface area (Å²) in [7, 11) is 2.07. The second-order valence-electron chi connectivity index (χ2n) is 9.69. The number of halogens is 1. The van der Waals surface area contributed by atoms with E-state index in [4.69, 9.17) is 0 Å². The van der Waals surface area contributed by atoms with Gasteiger partial charge in [0.15, 0.2) is 0 Å². The van der Waals surface area contributed by atoms with Gasteiger partial charge >= 0.3 is 0 Å². The van der Waals surface area contributed by atoms with Crippen LogP contribution in [-0.4, -0.2) is 46.5 Å². The van der Waals surface area contributed by atoms with Crippen molar-refractivity contribution < 1.29 is 9.18 Å². The van der Waals surface area contributed by atoms with Gasteiger partial charge in [-0.2, -0.15) is 0 Å². The first kappa shape index (κ1) is 23.2. The van der Waals surface area contributed by atoms with Crippen molar-refractivity contribution in [2.24, 2.45) is 18.9 Å². The van der Waals surface area contributed by atoms with Crippen molar-refractivity contribution in [1.82, 2.24) is 14.4 Å². The standard InChI is InChI=1S/C28H34FN3O/c1-21(2)16-32(28(33)23-8-5-4-6-9-23)18-24-17-31(19-26-10-7-15-30(26)3)20-27(24)22-11-13-25(29)14-12-22/h4-15,21,24,27H,16-20H2,1-3H3/t24-,27-/m1/s1. The molecule has 0 spiro atoms. The highest BCUT2D eigenvalue weighted by atomic mass is 19.1. The van der Waals surface area contributed by atoms with Crippen molar-refractivity contribution in [3.63, 3.8) is 0 Å². The fourth-order valence-corrected chi connectivity index (χ4v) is 4.98. The van der Waals surface area contributed by atoms with Crippen LogP contribution in [0, 0.1) is 17.7 Å². The Bertz CT molecular complexity index is 1040. The van der Waals surface area contributed by atoms with Gasteiger partial charge < -0.3 is 9.47 Å². The Morgan fingerprint density at radius 1 is 1.03 bits per heavy atom. The Balaban J connectivity index is 1.58. The number of amides is 1. The molecule has 0 saturated carbocycles. The Morgan fingerprint density at radius 2 is 1.76 bits per heavy atom. The maximum Gasteiger partial charge on any atom is 0.253 e. The number of benzene rings is 2. The Morgan fingerprint density at radius 3 is 2.39 bits per heavy atom. The first-order chi connectivity index (χ1) is 15.9. The fourth-order valence-electron chi connectivity index (χ4n) is 4.98. The molecule has 1 aromatic heterocycles. The van der Waals surface area contributed by atoms with Crippen LogP contribution in [0.4, 0.5) is 4.39 Å². The predicted molar refractivity (Wildman–Crippen MR) is 131 cm³/mol. The van der Waals surface area contributed by atoms with Crippen LogP contribution in [0.1, 0.15) is 41.4 Å². The largest absolute Gasteiger partial charge is 0.353 e. The van der Waals surface area contributed by atoms with Gasteiger partial charge in [0.2, 0.25) is 0 Å². The smallest absolute Gasteiger partial charge is 0.253 e. The van der Waals surface area contributed by atoms with Gasteiger partial charge in [-0.25, -0.2) is 4.39 Å².